The lowest BCUT2D eigenvalue weighted by Crippen LogP contribution is -2.54. The maximum atomic E-state index is 12.2. The zero-order valence-electron chi connectivity index (χ0n) is 17.8. The van der Waals surface area contributed by atoms with Crippen LogP contribution >= 0.6 is 0 Å². The molecule has 2 fully saturated rings. The molecule has 7 atom stereocenters. The zero-order chi connectivity index (χ0) is 21.0. The van der Waals surface area contributed by atoms with Crippen LogP contribution in [0.4, 0.5) is 0 Å². The first-order valence-corrected chi connectivity index (χ1v) is 12.7. The van der Waals surface area contributed by atoms with E-state index in [9.17, 15) is 13.5 Å². The Bertz CT molecular complexity index is 864. The van der Waals surface area contributed by atoms with Crippen molar-refractivity contribution in [2.45, 2.75) is 82.7 Å². The first kappa shape index (κ1) is 21.2. The summed E-state index contributed by atoms with van der Waals surface area (Å²) in [5, 5.41) is 10.6. The Morgan fingerprint density at radius 2 is 2.03 bits per heavy atom. The SMILES string of the molecule is C#C[C@]1(O)C=C[C@H]2[C@@H]3CCC4=C[C@@H](OS(=O)(=O)C(C)C)CC[C@@H]4[C@H]3CC[C@@]21CC. The van der Waals surface area contributed by atoms with Crippen LogP contribution in [0.2, 0.25) is 0 Å². The highest BCUT2D eigenvalue weighted by molar-refractivity contribution is 7.87. The summed E-state index contributed by atoms with van der Waals surface area (Å²) in [5.41, 5.74) is 0.0413. The summed E-state index contributed by atoms with van der Waals surface area (Å²) in [6.07, 6.45) is 18.4. The fraction of sp³-hybridized carbons (Fsp3) is 0.750. The number of fused-ring (bicyclic) bond motifs is 5. The van der Waals surface area contributed by atoms with Gasteiger partial charge in [-0.05, 0) is 88.5 Å². The Balaban J connectivity index is 1.55. The third kappa shape index (κ3) is 3.14. The minimum absolute atomic E-state index is 0.226. The van der Waals surface area contributed by atoms with Crippen LogP contribution in [0, 0.1) is 41.4 Å². The number of terminal acetylenes is 1. The molecule has 0 aromatic heterocycles. The van der Waals surface area contributed by atoms with Gasteiger partial charge < -0.3 is 5.11 Å². The molecule has 4 rings (SSSR count). The van der Waals surface area contributed by atoms with E-state index in [2.05, 4.69) is 25.0 Å². The van der Waals surface area contributed by atoms with Gasteiger partial charge in [-0.1, -0.05) is 30.6 Å². The third-order valence-electron chi connectivity index (χ3n) is 8.48. The maximum Gasteiger partial charge on any atom is 0.270 e. The number of aliphatic hydroxyl groups is 1. The molecule has 0 unspecified atom stereocenters. The van der Waals surface area contributed by atoms with Gasteiger partial charge in [0.2, 0.25) is 0 Å². The van der Waals surface area contributed by atoms with E-state index < -0.39 is 21.0 Å². The van der Waals surface area contributed by atoms with Crippen LogP contribution in [0.15, 0.2) is 23.8 Å². The normalized spacial score (nSPS) is 43.9. The maximum absolute atomic E-state index is 12.2. The highest BCUT2D eigenvalue weighted by Gasteiger charge is 2.61. The number of hydrogen-bond donors (Lipinski definition) is 1. The quantitative estimate of drug-likeness (QED) is 0.422. The van der Waals surface area contributed by atoms with Crippen LogP contribution in [0.5, 0.6) is 0 Å². The van der Waals surface area contributed by atoms with Gasteiger partial charge >= 0.3 is 0 Å². The summed E-state index contributed by atoms with van der Waals surface area (Å²) >= 11 is 0. The Morgan fingerprint density at radius 1 is 1.28 bits per heavy atom. The van der Waals surface area contributed by atoms with Gasteiger partial charge in [-0.25, -0.2) is 0 Å². The summed E-state index contributed by atoms with van der Waals surface area (Å²) in [6, 6.07) is 0. The largest absolute Gasteiger partial charge is 0.373 e. The molecule has 0 amide bonds. The average Bonchev–Trinajstić information content (AvgIpc) is 3.01. The molecular weight excluding hydrogens is 384 g/mol. The van der Waals surface area contributed by atoms with E-state index in [1.165, 1.54) is 5.57 Å². The summed E-state index contributed by atoms with van der Waals surface area (Å²) in [6.45, 7) is 5.48. The first-order chi connectivity index (χ1) is 13.7. The second kappa shape index (κ2) is 7.25. The van der Waals surface area contributed by atoms with Crippen molar-refractivity contribution < 1.29 is 17.7 Å². The molecule has 0 aromatic carbocycles. The molecule has 29 heavy (non-hydrogen) atoms. The van der Waals surface area contributed by atoms with Crippen molar-refractivity contribution in [3.8, 4) is 12.3 Å². The first-order valence-electron chi connectivity index (χ1n) is 11.2. The van der Waals surface area contributed by atoms with Gasteiger partial charge in [0.1, 0.15) is 5.60 Å². The van der Waals surface area contributed by atoms with Crippen molar-refractivity contribution in [2.75, 3.05) is 0 Å². The second-order valence-electron chi connectivity index (χ2n) is 9.81. The molecule has 0 aliphatic heterocycles. The summed E-state index contributed by atoms with van der Waals surface area (Å²) in [4.78, 5) is 0. The second-order valence-corrected chi connectivity index (χ2v) is 11.9. The lowest BCUT2D eigenvalue weighted by Gasteiger charge is -2.56. The fourth-order valence-corrected chi connectivity index (χ4v) is 7.57. The molecule has 0 heterocycles. The van der Waals surface area contributed by atoms with E-state index in [1.54, 1.807) is 13.8 Å². The molecule has 5 heteroatoms. The monoisotopic (exact) mass is 418 g/mol. The Hall–Kier alpha value is -1.09. The van der Waals surface area contributed by atoms with Crippen molar-refractivity contribution in [2.24, 2.45) is 29.1 Å². The molecular formula is C24H34O4S. The van der Waals surface area contributed by atoms with E-state index >= 15 is 0 Å². The van der Waals surface area contributed by atoms with Crippen LogP contribution in [-0.2, 0) is 14.3 Å². The topological polar surface area (TPSA) is 63.6 Å². The molecule has 1 N–H and O–H groups in total. The van der Waals surface area contributed by atoms with E-state index in [1.807, 2.05) is 6.08 Å². The van der Waals surface area contributed by atoms with E-state index in [0.717, 1.165) is 44.9 Å². The Labute approximate surface area is 175 Å². The predicted molar refractivity (Wildman–Crippen MR) is 114 cm³/mol. The number of hydrogen-bond acceptors (Lipinski definition) is 4. The Kier molecular flexibility index (Phi) is 5.29. The zero-order valence-corrected chi connectivity index (χ0v) is 18.6. The van der Waals surface area contributed by atoms with Crippen molar-refractivity contribution in [3.05, 3.63) is 23.8 Å². The van der Waals surface area contributed by atoms with Crippen LogP contribution in [-0.4, -0.2) is 30.5 Å². The minimum Gasteiger partial charge on any atom is -0.373 e. The van der Waals surface area contributed by atoms with Crippen molar-refractivity contribution in [3.63, 3.8) is 0 Å². The van der Waals surface area contributed by atoms with Gasteiger partial charge in [-0.3, -0.25) is 4.18 Å². The summed E-state index contributed by atoms with van der Waals surface area (Å²) in [7, 11) is -3.50. The van der Waals surface area contributed by atoms with Crippen LogP contribution < -0.4 is 0 Å². The molecule has 0 radical (unpaired) electrons. The Morgan fingerprint density at radius 3 is 2.69 bits per heavy atom. The van der Waals surface area contributed by atoms with Gasteiger partial charge in [0.15, 0.2) is 0 Å². The fourth-order valence-electron chi connectivity index (χ4n) is 6.85. The number of rotatable bonds is 4. The lowest BCUT2D eigenvalue weighted by molar-refractivity contribution is -0.0882. The molecule has 4 aliphatic rings. The standard InChI is InChI=1S/C24H34O4S/c1-5-23-13-11-20-19-10-8-18(28-29(26,27)16(3)4)15-17(19)7-9-21(20)22(23)12-14-24(23,25)6-2/h2,12,14-16,18-22,25H,5,7-11,13H2,1,3-4H3/t18-,19-,20+,21+,22-,23-,24-/m0/s1. The van der Waals surface area contributed by atoms with Gasteiger partial charge in [0, 0.05) is 5.41 Å². The predicted octanol–water partition coefficient (Wildman–Crippen LogP) is 4.21. The average molecular weight is 419 g/mol. The van der Waals surface area contributed by atoms with Gasteiger partial charge in [-0.2, -0.15) is 8.42 Å². The summed E-state index contributed by atoms with van der Waals surface area (Å²) < 4.78 is 29.8. The van der Waals surface area contributed by atoms with E-state index in [4.69, 9.17) is 10.6 Å². The van der Waals surface area contributed by atoms with Crippen molar-refractivity contribution in [1.29, 1.82) is 0 Å². The van der Waals surface area contributed by atoms with E-state index in [-0.39, 0.29) is 11.5 Å². The minimum atomic E-state index is -3.50. The van der Waals surface area contributed by atoms with Crippen LogP contribution in [0.3, 0.4) is 0 Å². The molecule has 0 saturated heterocycles. The molecule has 0 spiro atoms. The molecule has 0 bridgehead atoms. The molecule has 160 valence electrons. The molecule has 4 aliphatic carbocycles. The van der Waals surface area contributed by atoms with Gasteiger partial charge in [-0.15, -0.1) is 6.42 Å². The van der Waals surface area contributed by atoms with Crippen molar-refractivity contribution in [1.82, 2.24) is 0 Å². The van der Waals surface area contributed by atoms with Crippen LogP contribution in [0.25, 0.3) is 0 Å². The highest BCUT2D eigenvalue weighted by atomic mass is 32.2. The third-order valence-corrected chi connectivity index (χ3v) is 10.2. The lowest BCUT2D eigenvalue weighted by atomic mass is 9.49. The van der Waals surface area contributed by atoms with Crippen LogP contribution in [0.1, 0.15) is 65.7 Å². The highest BCUT2D eigenvalue weighted by Crippen LogP contribution is 2.63. The van der Waals surface area contributed by atoms with Gasteiger partial charge in [0.25, 0.3) is 10.1 Å². The number of allylic oxidation sites excluding steroid dienone is 2. The molecule has 4 nitrogen and oxygen atoms in total. The molecule has 2 saturated carbocycles. The smallest absolute Gasteiger partial charge is 0.270 e. The summed E-state index contributed by atoms with van der Waals surface area (Å²) in [5.74, 6) is 4.69. The van der Waals surface area contributed by atoms with Gasteiger partial charge in [0.05, 0.1) is 11.4 Å². The van der Waals surface area contributed by atoms with E-state index in [0.29, 0.717) is 23.7 Å². The molecule has 0 aromatic rings. The van der Waals surface area contributed by atoms with Crippen molar-refractivity contribution >= 4 is 10.1 Å².